The van der Waals surface area contributed by atoms with E-state index in [1.54, 1.807) is 0 Å². The molecule has 66 valence electrons. The Morgan fingerprint density at radius 3 is 1.08 bits per heavy atom. The average molecular weight is 171 g/mol. The molecule has 0 fully saturated rings. The average Bonchev–Trinajstić information content (AvgIpc) is 2.20. The van der Waals surface area contributed by atoms with Gasteiger partial charge in [-0.1, -0.05) is 24.3 Å². The van der Waals surface area contributed by atoms with E-state index in [0.29, 0.717) is 0 Å². The second kappa shape index (κ2) is 3.19. The lowest BCUT2D eigenvalue weighted by atomic mass is 9.99. The van der Waals surface area contributed by atoms with E-state index >= 15 is 0 Å². The van der Waals surface area contributed by atoms with Crippen molar-refractivity contribution >= 4 is 21.5 Å². The molecule has 0 saturated carbocycles. The molecule has 0 aliphatic heterocycles. The van der Waals surface area contributed by atoms with Crippen molar-refractivity contribution in [2.24, 2.45) is 0 Å². The van der Waals surface area contributed by atoms with E-state index in [0.717, 1.165) is 0 Å². The van der Waals surface area contributed by atoms with Gasteiger partial charge in [0.25, 0.3) is 0 Å². The van der Waals surface area contributed by atoms with Crippen LogP contribution in [0, 0.1) is 0 Å². The van der Waals surface area contributed by atoms with Gasteiger partial charge < -0.3 is 5.32 Å². The van der Waals surface area contributed by atoms with E-state index in [1.807, 2.05) is 14.1 Å². The first kappa shape index (κ1) is 8.27. The van der Waals surface area contributed by atoms with Crippen molar-refractivity contribution in [3.05, 3.63) is 36.4 Å². The fourth-order valence-corrected chi connectivity index (χ4v) is 1.60. The van der Waals surface area contributed by atoms with Gasteiger partial charge in [-0.15, -0.1) is 0 Å². The minimum absolute atomic E-state index is 1.37. The number of hydrogen-bond acceptors (Lipinski definition) is 1. The third-order valence-corrected chi connectivity index (χ3v) is 2.17. The van der Waals surface area contributed by atoms with Crippen LogP contribution < -0.4 is 5.32 Å². The molecule has 0 aliphatic rings. The van der Waals surface area contributed by atoms with Gasteiger partial charge in [0.15, 0.2) is 0 Å². The SMILES string of the molecule is CNC.c1cc2cc3ccc2cc13. The largest absolute Gasteiger partial charge is 0.323 e. The number of rotatable bonds is 0. The van der Waals surface area contributed by atoms with Crippen molar-refractivity contribution in [2.45, 2.75) is 0 Å². The van der Waals surface area contributed by atoms with E-state index in [2.05, 4.69) is 41.7 Å². The van der Waals surface area contributed by atoms with Crippen molar-refractivity contribution in [1.82, 2.24) is 5.32 Å². The lowest BCUT2D eigenvalue weighted by molar-refractivity contribution is 1.02. The third kappa shape index (κ3) is 1.31. The van der Waals surface area contributed by atoms with Crippen LogP contribution in [0.15, 0.2) is 36.4 Å². The number of hydrogen-bond donors (Lipinski definition) is 1. The van der Waals surface area contributed by atoms with Gasteiger partial charge in [-0.05, 0) is 47.8 Å². The molecule has 0 radical (unpaired) electrons. The summed E-state index contributed by atoms with van der Waals surface area (Å²) < 4.78 is 0. The number of fused-ring (bicyclic) bond motifs is 2. The highest BCUT2D eigenvalue weighted by Crippen LogP contribution is 2.27. The summed E-state index contributed by atoms with van der Waals surface area (Å²) in [5, 5.41) is 8.22. The summed E-state index contributed by atoms with van der Waals surface area (Å²) in [6, 6.07) is 13.2. The number of nitrogens with one attached hydrogen (secondary N) is 1. The van der Waals surface area contributed by atoms with E-state index in [4.69, 9.17) is 0 Å². The zero-order valence-electron chi connectivity index (χ0n) is 7.96. The van der Waals surface area contributed by atoms with Gasteiger partial charge in [-0.3, -0.25) is 0 Å². The predicted octanol–water partition coefficient (Wildman–Crippen LogP) is 2.70. The van der Waals surface area contributed by atoms with Crippen molar-refractivity contribution in [2.75, 3.05) is 14.1 Å². The molecule has 0 aliphatic carbocycles. The minimum atomic E-state index is 1.37. The van der Waals surface area contributed by atoms with Crippen LogP contribution in [0.5, 0.6) is 0 Å². The van der Waals surface area contributed by atoms with Crippen molar-refractivity contribution in [3.8, 4) is 0 Å². The second-order valence-electron chi connectivity index (χ2n) is 3.28. The Morgan fingerprint density at radius 1 is 0.692 bits per heavy atom. The van der Waals surface area contributed by atoms with Crippen molar-refractivity contribution in [3.63, 3.8) is 0 Å². The lowest BCUT2D eigenvalue weighted by Gasteiger charge is -2.06. The molecule has 0 atom stereocenters. The first-order valence-electron chi connectivity index (χ1n) is 4.48. The summed E-state index contributed by atoms with van der Waals surface area (Å²) in [7, 11) is 3.75. The third-order valence-electron chi connectivity index (χ3n) is 2.17. The van der Waals surface area contributed by atoms with E-state index in [-0.39, 0.29) is 0 Å². The molecule has 0 spiro atoms. The Hall–Kier alpha value is -1.34. The Kier molecular flexibility index (Phi) is 2.03. The predicted molar refractivity (Wildman–Crippen MR) is 58.8 cm³/mol. The standard InChI is InChI=1S/C10H6.C2H7N/c1-2-8-6-9-3-4-10(8)5-7(1)9;1-3-2/h1-6H;3H,1-2H3. The van der Waals surface area contributed by atoms with Gasteiger partial charge in [-0.2, -0.15) is 0 Å². The molecule has 1 nitrogen and oxygen atoms in total. The fourth-order valence-electron chi connectivity index (χ4n) is 1.60. The van der Waals surface area contributed by atoms with Gasteiger partial charge in [-0.25, -0.2) is 0 Å². The molecule has 5 aromatic carbocycles. The first-order chi connectivity index (χ1) is 6.35. The van der Waals surface area contributed by atoms with Gasteiger partial charge in [0.2, 0.25) is 0 Å². The van der Waals surface area contributed by atoms with Crippen LogP contribution >= 0.6 is 0 Å². The Balaban J connectivity index is 0.000000196. The maximum Gasteiger partial charge on any atom is -0.0167 e. The molecule has 0 unspecified atom stereocenters. The normalized spacial score (nSPS) is 10.6. The van der Waals surface area contributed by atoms with E-state index < -0.39 is 0 Å². The van der Waals surface area contributed by atoms with Crippen LogP contribution in [0.25, 0.3) is 21.5 Å². The van der Waals surface area contributed by atoms with Crippen LogP contribution in [-0.4, -0.2) is 14.1 Å². The van der Waals surface area contributed by atoms with Crippen molar-refractivity contribution < 1.29 is 0 Å². The summed E-state index contributed by atoms with van der Waals surface area (Å²) in [6.07, 6.45) is 0. The zero-order valence-corrected chi connectivity index (χ0v) is 7.96. The molecule has 0 aromatic heterocycles. The highest BCUT2D eigenvalue weighted by molar-refractivity contribution is 6.03. The molecule has 5 aromatic rings. The molecule has 5 rings (SSSR count). The molecular weight excluding hydrogens is 158 g/mol. The van der Waals surface area contributed by atoms with Gasteiger partial charge in [0, 0.05) is 0 Å². The highest BCUT2D eigenvalue weighted by Gasteiger charge is 2.00. The molecule has 4 bridgehead atoms. The summed E-state index contributed by atoms with van der Waals surface area (Å²) in [4.78, 5) is 0. The maximum absolute atomic E-state index is 2.75. The monoisotopic (exact) mass is 171 g/mol. The molecule has 0 saturated heterocycles. The lowest BCUT2D eigenvalue weighted by Crippen LogP contribution is -1.89. The Bertz CT molecular complexity index is 388. The van der Waals surface area contributed by atoms with E-state index in [1.165, 1.54) is 21.5 Å². The highest BCUT2D eigenvalue weighted by atomic mass is 14.7. The fraction of sp³-hybridized carbons (Fsp3) is 0.167. The van der Waals surface area contributed by atoms with Gasteiger partial charge in [0.05, 0.1) is 0 Å². The second-order valence-corrected chi connectivity index (χ2v) is 3.28. The molecule has 13 heavy (non-hydrogen) atoms. The van der Waals surface area contributed by atoms with Crippen LogP contribution in [0.4, 0.5) is 0 Å². The smallest absolute Gasteiger partial charge is 0.0167 e. The molecule has 1 N–H and O–H groups in total. The van der Waals surface area contributed by atoms with E-state index in [9.17, 15) is 0 Å². The molecule has 1 heteroatoms. The zero-order chi connectivity index (χ0) is 9.26. The van der Waals surface area contributed by atoms with Crippen molar-refractivity contribution in [1.29, 1.82) is 0 Å². The Labute approximate surface area is 78.0 Å². The topological polar surface area (TPSA) is 12.0 Å². The maximum atomic E-state index is 2.75. The summed E-state index contributed by atoms with van der Waals surface area (Å²) in [5.41, 5.74) is 0. The Morgan fingerprint density at radius 2 is 0.923 bits per heavy atom. The van der Waals surface area contributed by atoms with Crippen LogP contribution in [-0.2, 0) is 0 Å². The summed E-state index contributed by atoms with van der Waals surface area (Å²) in [5.74, 6) is 0. The first-order valence-corrected chi connectivity index (χ1v) is 4.48. The summed E-state index contributed by atoms with van der Waals surface area (Å²) >= 11 is 0. The molecule has 0 amide bonds. The number of benzene rings is 5. The minimum Gasteiger partial charge on any atom is -0.323 e. The van der Waals surface area contributed by atoms with Crippen LogP contribution in [0.3, 0.4) is 0 Å². The quantitative estimate of drug-likeness (QED) is 0.548. The molecule has 0 heterocycles. The van der Waals surface area contributed by atoms with Gasteiger partial charge >= 0.3 is 0 Å². The van der Waals surface area contributed by atoms with Crippen LogP contribution in [0.2, 0.25) is 0 Å². The molecular formula is C12H13N. The van der Waals surface area contributed by atoms with Crippen LogP contribution in [0.1, 0.15) is 0 Å². The van der Waals surface area contributed by atoms with Gasteiger partial charge in [0.1, 0.15) is 0 Å². The summed E-state index contributed by atoms with van der Waals surface area (Å²) in [6.45, 7) is 0.